The number of carbonyl (C=O) groups is 1. The van der Waals surface area contributed by atoms with Gasteiger partial charge in [0.1, 0.15) is 11.5 Å². The van der Waals surface area contributed by atoms with E-state index in [1.807, 2.05) is 6.07 Å². The van der Waals surface area contributed by atoms with Crippen molar-refractivity contribution in [1.82, 2.24) is 25.0 Å². The molecule has 0 saturated heterocycles. The lowest BCUT2D eigenvalue weighted by atomic mass is 10.1. The summed E-state index contributed by atoms with van der Waals surface area (Å²) in [5.74, 6) is -0.522. The van der Waals surface area contributed by atoms with Crippen LogP contribution in [0.1, 0.15) is 25.2 Å². The number of rotatable bonds is 4. The predicted octanol–water partition coefficient (Wildman–Crippen LogP) is 2.40. The Bertz CT molecular complexity index is 1270. The molecular formula is C19H16FN7O. The van der Waals surface area contributed by atoms with Crippen molar-refractivity contribution in [1.29, 1.82) is 0 Å². The summed E-state index contributed by atoms with van der Waals surface area (Å²) in [5.41, 5.74) is 9.62. The third kappa shape index (κ3) is 3.37. The Kier molecular flexibility index (Phi) is 4.09. The number of pyridine rings is 1. The predicted molar refractivity (Wildman–Crippen MR) is 102 cm³/mol. The number of fused-ring (bicyclic) bond motifs is 2. The number of amides is 2. The minimum Gasteiger partial charge on any atom is -0.350 e. The summed E-state index contributed by atoms with van der Waals surface area (Å²) in [6.45, 7) is 1.65. The number of urea groups is 1. The molecule has 1 atom stereocenters. The first kappa shape index (κ1) is 16.3. The van der Waals surface area contributed by atoms with E-state index in [0.717, 1.165) is 5.39 Å². The van der Waals surface area contributed by atoms with Crippen LogP contribution in [0.2, 0.25) is 0 Å². The minimum atomic E-state index is -1.06. The van der Waals surface area contributed by atoms with Gasteiger partial charge in [0.15, 0.2) is 5.65 Å². The largest absolute Gasteiger partial charge is 0.350 e. The molecule has 0 aliphatic heterocycles. The van der Waals surface area contributed by atoms with E-state index in [1.54, 1.807) is 37.4 Å². The van der Waals surface area contributed by atoms with E-state index in [4.69, 9.17) is 7.10 Å². The molecule has 3 aromatic heterocycles. The molecule has 0 aliphatic rings. The standard InChI is InChI=1S/C19H16FN7O/c1-11(24-25-19(21)28)16-4-5-18-23-10-14(27(18)26-16)8-13-7-12-3-2-6-22-17(12)9-15(13)20/h2-7,9-10H,8H2,1H3,(H3,21,25,28)/b24-11+/i8D. The van der Waals surface area contributed by atoms with Crippen LogP contribution in [0, 0.1) is 5.82 Å². The minimum absolute atomic E-state index is 0.195. The van der Waals surface area contributed by atoms with E-state index in [1.165, 1.54) is 16.8 Å². The first-order chi connectivity index (χ1) is 13.9. The number of primary amides is 1. The van der Waals surface area contributed by atoms with Gasteiger partial charge in [-0.15, -0.1) is 0 Å². The molecule has 3 heterocycles. The maximum Gasteiger partial charge on any atom is 0.332 e. The highest BCUT2D eigenvalue weighted by Crippen LogP contribution is 2.20. The monoisotopic (exact) mass is 378 g/mol. The van der Waals surface area contributed by atoms with Crippen LogP contribution >= 0.6 is 0 Å². The molecule has 0 saturated carbocycles. The van der Waals surface area contributed by atoms with E-state index >= 15 is 0 Å². The van der Waals surface area contributed by atoms with E-state index < -0.39 is 18.2 Å². The van der Waals surface area contributed by atoms with Crippen molar-refractivity contribution in [3.63, 3.8) is 0 Å². The zero-order valence-electron chi connectivity index (χ0n) is 15.8. The molecule has 1 unspecified atom stereocenters. The molecule has 9 heteroatoms. The Morgan fingerprint density at radius 2 is 2.21 bits per heavy atom. The maximum atomic E-state index is 14.7. The van der Waals surface area contributed by atoms with E-state index in [-0.39, 0.29) is 5.56 Å². The number of nitrogens with zero attached hydrogens (tertiary/aromatic N) is 5. The number of hydrogen-bond acceptors (Lipinski definition) is 5. The van der Waals surface area contributed by atoms with Gasteiger partial charge in [-0.1, -0.05) is 6.07 Å². The van der Waals surface area contributed by atoms with Crippen molar-refractivity contribution in [3.8, 4) is 0 Å². The van der Waals surface area contributed by atoms with Crippen molar-refractivity contribution in [2.24, 2.45) is 10.8 Å². The summed E-state index contributed by atoms with van der Waals surface area (Å²) in [6, 6.07) is 9.09. The van der Waals surface area contributed by atoms with Gasteiger partial charge >= 0.3 is 6.03 Å². The second-order valence-corrected chi connectivity index (χ2v) is 6.06. The number of imidazole rings is 1. The van der Waals surface area contributed by atoms with Crippen LogP contribution in [0.5, 0.6) is 0 Å². The van der Waals surface area contributed by atoms with Gasteiger partial charge in [0, 0.05) is 25.4 Å². The van der Waals surface area contributed by atoms with Crippen molar-refractivity contribution in [2.45, 2.75) is 13.3 Å². The van der Waals surface area contributed by atoms with Gasteiger partial charge in [-0.2, -0.15) is 10.2 Å². The summed E-state index contributed by atoms with van der Waals surface area (Å²) in [4.78, 5) is 19.2. The fraction of sp³-hybridized carbons (Fsp3) is 0.105. The number of nitrogens with one attached hydrogen (secondary N) is 1. The number of aromatic nitrogens is 4. The summed E-state index contributed by atoms with van der Waals surface area (Å²) >= 11 is 0. The zero-order chi connectivity index (χ0) is 20.5. The number of nitrogens with two attached hydrogens (primary N) is 1. The van der Waals surface area contributed by atoms with Gasteiger partial charge < -0.3 is 5.73 Å². The lowest BCUT2D eigenvalue weighted by Gasteiger charge is -2.07. The third-order valence-electron chi connectivity index (χ3n) is 4.12. The molecule has 4 rings (SSSR count). The second kappa shape index (κ2) is 7.03. The Labute approximate surface area is 160 Å². The SMILES string of the molecule is [2H]C(c1cc2cccnc2cc1F)c1cnc2ccc(/C(C)=N/NC(N)=O)nn12. The summed E-state index contributed by atoms with van der Waals surface area (Å²) in [5, 5.41) is 9.02. The number of halogens is 1. The fourth-order valence-corrected chi connectivity index (χ4v) is 2.76. The Hall–Kier alpha value is -3.88. The fourth-order valence-electron chi connectivity index (χ4n) is 2.76. The average molecular weight is 378 g/mol. The molecule has 3 N–H and O–H groups in total. The highest BCUT2D eigenvalue weighted by molar-refractivity contribution is 5.97. The van der Waals surface area contributed by atoms with Crippen LogP contribution in [0.3, 0.4) is 0 Å². The Morgan fingerprint density at radius 3 is 3.04 bits per heavy atom. The summed E-state index contributed by atoms with van der Waals surface area (Å²) in [6.07, 6.45) is 2.02. The Morgan fingerprint density at radius 1 is 1.36 bits per heavy atom. The van der Waals surface area contributed by atoms with Gasteiger partial charge in [0.05, 0.1) is 23.1 Å². The van der Waals surface area contributed by atoms with Crippen molar-refractivity contribution in [2.75, 3.05) is 0 Å². The molecule has 28 heavy (non-hydrogen) atoms. The topological polar surface area (TPSA) is 111 Å². The molecule has 0 spiro atoms. The molecule has 1 aromatic carbocycles. The lowest BCUT2D eigenvalue weighted by molar-refractivity contribution is 0.249. The van der Waals surface area contributed by atoms with Crippen LogP contribution in [-0.4, -0.2) is 31.3 Å². The maximum absolute atomic E-state index is 14.7. The van der Waals surface area contributed by atoms with Crippen LogP contribution < -0.4 is 11.2 Å². The van der Waals surface area contributed by atoms with Crippen molar-refractivity contribution < 1.29 is 10.6 Å². The highest BCUT2D eigenvalue weighted by atomic mass is 19.1. The normalized spacial score (nSPS) is 13.5. The number of carbonyl (C=O) groups excluding carboxylic acids is 1. The van der Waals surface area contributed by atoms with Gasteiger partial charge in [-0.05, 0) is 36.8 Å². The first-order valence-electron chi connectivity index (χ1n) is 8.93. The highest BCUT2D eigenvalue weighted by Gasteiger charge is 2.12. The molecule has 4 aromatic rings. The number of benzene rings is 1. The van der Waals surface area contributed by atoms with Gasteiger partial charge in [0.25, 0.3) is 0 Å². The second-order valence-electron chi connectivity index (χ2n) is 6.06. The zero-order valence-corrected chi connectivity index (χ0v) is 14.8. The first-order valence-corrected chi connectivity index (χ1v) is 8.35. The molecule has 8 nitrogen and oxygen atoms in total. The van der Waals surface area contributed by atoms with E-state index in [9.17, 15) is 9.18 Å². The van der Waals surface area contributed by atoms with Crippen LogP contribution in [0.25, 0.3) is 16.6 Å². The molecule has 2 amide bonds. The smallest absolute Gasteiger partial charge is 0.332 e. The lowest BCUT2D eigenvalue weighted by Crippen LogP contribution is -2.25. The van der Waals surface area contributed by atoms with Crippen LogP contribution in [0.4, 0.5) is 9.18 Å². The Balaban J connectivity index is 1.77. The average Bonchev–Trinajstić information content (AvgIpc) is 3.14. The summed E-state index contributed by atoms with van der Waals surface area (Å²) < 4.78 is 24.7. The molecule has 0 fully saturated rings. The van der Waals surface area contributed by atoms with Crippen molar-refractivity contribution >= 4 is 28.3 Å². The molecule has 0 aliphatic carbocycles. The molecule has 0 bridgehead atoms. The van der Waals surface area contributed by atoms with E-state index in [0.29, 0.717) is 28.3 Å². The molecule has 140 valence electrons. The van der Waals surface area contributed by atoms with Crippen LogP contribution in [0.15, 0.2) is 53.9 Å². The molecular weight excluding hydrogens is 361 g/mol. The van der Waals surface area contributed by atoms with Crippen molar-refractivity contribution in [3.05, 3.63) is 71.6 Å². The quantitative estimate of drug-likeness (QED) is 0.420. The molecule has 0 radical (unpaired) electrons. The van der Waals surface area contributed by atoms with Gasteiger partial charge in [-0.25, -0.2) is 24.1 Å². The van der Waals surface area contributed by atoms with Gasteiger partial charge in [0.2, 0.25) is 0 Å². The third-order valence-corrected chi connectivity index (χ3v) is 4.12. The number of hydrogen-bond donors (Lipinski definition) is 2. The van der Waals surface area contributed by atoms with Gasteiger partial charge in [-0.3, -0.25) is 4.98 Å². The van der Waals surface area contributed by atoms with Crippen LogP contribution in [-0.2, 0) is 6.40 Å². The summed E-state index contributed by atoms with van der Waals surface area (Å²) in [7, 11) is 0. The number of hydrazone groups is 1. The van der Waals surface area contributed by atoms with E-state index in [2.05, 4.69) is 25.6 Å².